The summed E-state index contributed by atoms with van der Waals surface area (Å²) in [4.78, 5) is 45.9. The fraction of sp³-hybridized carbons (Fsp3) is 0.433. The van der Waals surface area contributed by atoms with E-state index in [1.165, 1.54) is 0 Å². The standard InChI is InChI=1S/C30H35N5O4/c1-3-39-26(36)18-22-6-4-5-15-35(22)29(38)30(13-14-30)21-11-12-25-23(17-21)33-24(28(37)34(25)2)16-19-7-9-20(10-8-19)27(31)32/h7-12,17,22H,3-6,13-16,18H2,1-2H3,(H3,31,32). The van der Waals surface area contributed by atoms with Crippen LogP contribution in [0.4, 0.5) is 0 Å². The van der Waals surface area contributed by atoms with Crippen LogP contribution in [0.15, 0.2) is 47.3 Å². The molecule has 2 aliphatic rings. The molecular weight excluding hydrogens is 494 g/mol. The number of ether oxygens (including phenoxy) is 1. The van der Waals surface area contributed by atoms with E-state index in [2.05, 4.69) is 0 Å². The summed E-state index contributed by atoms with van der Waals surface area (Å²) in [6, 6.07) is 12.9. The van der Waals surface area contributed by atoms with Crippen LogP contribution >= 0.6 is 0 Å². The molecule has 1 aliphatic carbocycles. The highest BCUT2D eigenvalue weighted by Crippen LogP contribution is 2.50. The lowest BCUT2D eigenvalue weighted by molar-refractivity contribution is -0.147. The van der Waals surface area contributed by atoms with E-state index in [0.29, 0.717) is 41.9 Å². The number of amides is 1. The molecule has 1 unspecified atom stereocenters. The number of fused-ring (bicyclic) bond motifs is 1. The molecule has 204 valence electrons. The number of amidine groups is 1. The van der Waals surface area contributed by atoms with Crippen LogP contribution in [-0.2, 0) is 33.2 Å². The molecule has 1 saturated carbocycles. The zero-order valence-electron chi connectivity index (χ0n) is 22.5. The van der Waals surface area contributed by atoms with E-state index in [1.807, 2.05) is 35.2 Å². The number of benzene rings is 2. The highest BCUT2D eigenvalue weighted by atomic mass is 16.5. The molecule has 2 aromatic carbocycles. The molecule has 9 heteroatoms. The van der Waals surface area contributed by atoms with Crippen LogP contribution in [0.25, 0.3) is 11.0 Å². The van der Waals surface area contributed by atoms with Crippen molar-refractivity contribution < 1.29 is 14.3 Å². The van der Waals surface area contributed by atoms with E-state index >= 15 is 0 Å². The van der Waals surface area contributed by atoms with Gasteiger partial charge in [0.2, 0.25) is 5.91 Å². The average Bonchev–Trinajstić information content (AvgIpc) is 3.74. The number of nitrogens with zero attached hydrogens (tertiary/aromatic N) is 3. The number of carbonyl (C=O) groups is 2. The van der Waals surface area contributed by atoms with Crippen molar-refractivity contribution >= 4 is 28.7 Å². The van der Waals surface area contributed by atoms with E-state index in [-0.39, 0.29) is 35.7 Å². The molecule has 2 heterocycles. The molecule has 0 radical (unpaired) electrons. The first kappa shape index (κ1) is 26.6. The quantitative estimate of drug-likeness (QED) is 0.262. The number of nitrogens with two attached hydrogens (primary N) is 1. The van der Waals surface area contributed by atoms with Gasteiger partial charge in [0.05, 0.1) is 29.5 Å². The van der Waals surface area contributed by atoms with Crippen LogP contribution in [0.2, 0.25) is 0 Å². The lowest BCUT2D eigenvalue weighted by Gasteiger charge is -2.38. The summed E-state index contributed by atoms with van der Waals surface area (Å²) in [6.07, 6.45) is 4.81. The monoisotopic (exact) mass is 529 g/mol. The number of nitrogens with one attached hydrogen (secondary N) is 1. The highest BCUT2D eigenvalue weighted by molar-refractivity contribution is 5.95. The molecule has 39 heavy (non-hydrogen) atoms. The maximum atomic E-state index is 13.9. The van der Waals surface area contributed by atoms with Gasteiger partial charge < -0.3 is 19.9 Å². The molecular formula is C30H35N5O4. The van der Waals surface area contributed by atoms with Gasteiger partial charge in [-0.05, 0) is 62.3 Å². The summed E-state index contributed by atoms with van der Waals surface area (Å²) >= 11 is 0. The number of nitrogen functional groups attached to an aromatic ring is 1. The van der Waals surface area contributed by atoms with Crippen molar-refractivity contribution in [3.8, 4) is 0 Å². The molecule has 9 nitrogen and oxygen atoms in total. The molecule has 1 atom stereocenters. The largest absolute Gasteiger partial charge is 0.466 e. The second-order valence-electron chi connectivity index (χ2n) is 10.7. The summed E-state index contributed by atoms with van der Waals surface area (Å²) in [6.45, 7) is 2.78. The molecule has 0 bridgehead atoms. The maximum Gasteiger partial charge on any atom is 0.307 e. The lowest BCUT2D eigenvalue weighted by Crippen LogP contribution is -2.49. The average molecular weight is 530 g/mol. The van der Waals surface area contributed by atoms with Gasteiger partial charge in [0.15, 0.2) is 0 Å². The zero-order chi connectivity index (χ0) is 27.7. The van der Waals surface area contributed by atoms with Crippen LogP contribution in [0.3, 0.4) is 0 Å². The second kappa shape index (κ2) is 10.6. The Kier molecular flexibility index (Phi) is 7.25. The highest BCUT2D eigenvalue weighted by Gasteiger charge is 2.54. The fourth-order valence-electron chi connectivity index (χ4n) is 5.72. The number of hydrogen-bond donors (Lipinski definition) is 2. The number of hydrogen-bond acceptors (Lipinski definition) is 6. The van der Waals surface area contributed by atoms with Gasteiger partial charge in [-0.1, -0.05) is 30.3 Å². The maximum absolute atomic E-state index is 13.9. The molecule has 5 rings (SSSR count). The molecule has 3 aromatic rings. The Balaban J connectivity index is 1.44. The summed E-state index contributed by atoms with van der Waals surface area (Å²) in [7, 11) is 1.74. The van der Waals surface area contributed by atoms with Gasteiger partial charge in [-0.15, -0.1) is 0 Å². The minimum absolute atomic E-state index is 0.00542. The van der Waals surface area contributed by atoms with Crippen LogP contribution in [0.5, 0.6) is 0 Å². The Morgan fingerprint density at radius 1 is 1.15 bits per heavy atom. The zero-order valence-corrected chi connectivity index (χ0v) is 22.5. The van der Waals surface area contributed by atoms with Crippen molar-refractivity contribution in [3.05, 3.63) is 75.2 Å². The first-order valence-electron chi connectivity index (χ1n) is 13.6. The minimum Gasteiger partial charge on any atom is -0.466 e. The number of esters is 1. The molecule has 1 amide bonds. The van der Waals surface area contributed by atoms with E-state index in [1.54, 1.807) is 30.7 Å². The van der Waals surface area contributed by atoms with Crippen LogP contribution in [0, 0.1) is 5.41 Å². The third-order valence-electron chi connectivity index (χ3n) is 8.09. The number of aryl methyl sites for hydroxylation is 1. The van der Waals surface area contributed by atoms with Crippen molar-refractivity contribution in [3.63, 3.8) is 0 Å². The predicted molar refractivity (Wildman–Crippen MR) is 149 cm³/mol. The summed E-state index contributed by atoms with van der Waals surface area (Å²) in [5.41, 5.74) is 9.00. The van der Waals surface area contributed by atoms with Gasteiger partial charge in [-0.3, -0.25) is 19.8 Å². The Labute approximate surface area is 227 Å². The van der Waals surface area contributed by atoms with Crippen LogP contribution in [0.1, 0.15) is 67.8 Å². The molecule has 3 N–H and O–H groups in total. The van der Waals surface area contributed by atoms with Gasteiger partial charge in [0, 0.05) is 31.6 Å². The van der Waals surface area contributed by atoms with Crippen LogP contribution < -0.4 is 11.3 Å². The Hall–Kier alpha value is -4.01. The predicted octanol–water partition coefficient (Wildman–Crippen LogP) is 3.17. The topological polar surface area (TPSA) is 131 Å². The molecule has 1 aliphatic heterocycles. The number of carbonyl (C=O) groups excluding carboxylic acids is 2. The Bertz CT molecular complexity index is 1490. The summed E-state index contributed by atoms with van der Waals surface area (Å²) in [5.74, 6) is -0.188. The summed E-state index contributed by atoms with van der Waals surface area (Å²) < 4.78 is 6.77. The lowest BCUT2D eigenvalue weighted by atomic mass is 9.90. The van der Waals surface area contributed by atoms with Gasteiger partial charge in [-0.2, -0.15) is 0 Å². The third kappa shape index (κ3) is 5.17. The van der Waals surface area contributed by atoms with Gasteiger partial charge >= 0.3 is 5.97 Å². The Morgan fingerprint density at radius 2 is 1.90 bits per heavy atom. The number of likely N-dealkylation sites (tertiary alicyclic amines) is 1. The first-order valence-corrected chi connectivity index (χ1v) is 13.6. The van der Waals surface area contributed by atoms with Gasteiger partial charge in [0.1, 0.15) is 11.5 Å². The number of aromatic nitrogens is 2. The van der Waals surface area contributed by atoms with E-state index in [4.69, 9.17) is 20.9 Å². The Morgan fingerprint density at radius 3 is 2.56 bits per heavy atom. The van der Waals surface area contributed by atoms with Crippen molar-refractivity contribution in [1.82, 2.24) is 14.5 Å². The SMILES string of the molecule is CCOC(=O)CC1CCCCN1C(=O)C1(c2ccc3c(c2)nc(Cc2ccc(C(=N)N)cc2)c(=O)n3C)CC1. The summed E-state index contributed by atoms with van der Waals surface area (Å²) in [5, 5.41) is 7.57. The van der Waals surface area contributed by atoms with Crippen molar-refractivity contribution in [2.75, 3.05) is 13.2 Å². The van der Waals surface area contributed by atoms with Crippen molar-refractivity contribution in [2.24, 2.45) is 12.8 Å². The molecule has 1 aromatic heterocycles. The molecule has 1 saturated heterocycles. The minimum atomic E-state index is -0.614. The van der Waals surface area contributed by atoms with Gasteiger partial charge in [0.25, 0.3) is 5.56 Å². The van der Waals surface area contributed by atoms with Gasteiger partial charge in [-0.25, -0.2) is 4.98 Å². The second-order valence-corrected chi connectivity index (χ2v) is 10.7. The van der Waals surface area contributed by atoms with E-state index in [0.717, 1.165) is 43.2 Å². The van der Waals surface area contributed by atoms with E-state index in [9.17, 15) is 14.4 Å². The number of rotatable bonds is 8. The van der Waals surface area contributed by atoms with Crippen molar-refractivity contribution in [1.29, 1.82) is 5.41 Å². The van der Waals surface area contributed by atoms with E-state index < -0.39 is 5.41 Å². The molecule has 0 spiro atoms. The first-order chi connectivity index (χ1) is 18.7. The normalized spacial score (nSPS) is 18.1. The van der Waals surface area contributed by atoms with Crippen LogP contribution in [-0.4, -0.2) is 51.4 Å². The van der Waals surface area contributed by atoms with Crippen molar-refractivity contribution in [2.45, 2.75) is 63.3 Å². The smallest absolute Gasteiger partial charge is 0.307 e. The molecule has 2 fully saturated rings. The number of piperidine rings is 1. The third-order valence-corrected chi connectivity index (χ3v) is 8.09. The fourth-order valence-corrected chi connectivity index (χ4v) is 5.72.